The van der Waals surface area contributed by atoms with E-state index in [1.165, 1.54) is 25.9 Å². The van der Waals surface area contributed by atoms with E-state index in [4.69, 9.17) is 5.11 Å². The zero-order valence-corrected chi connectivity index (χ0v) is 9.33. The van der Waals surface area contributed by atoms with Crippen molar-refractivity contribution < 1.29 is 9.90 Å². The Morgan fingerprint density at radius 3 is 2.73 bits per heavy atom. The van der Waals surface area contributed by atoms with Gasteiger partial charge >= 0.3 is 5.97 Å². The van der Waals surface area contributed by atoms with Crippen molar-refractivity contribution in [2.75, 3.05) is 32.7 Å². The number of hydrogen-bond donors (Lipinski definition) is 2. The van der Waals surface area contributed by atoms with Crippen LogP contribution in [-0.4, -0.2) is 48.7 Å². The van der Waals surface area contributed by atoms with Gasteiger partial charge in [-0.1, -0.05) is 6.08 Å². The molecule has 0 amide bonds. The van der Waals surface area contributed by atoms with Gasteiger partial charge in [0.05, 0.1) is 0 Å². The van der Waals surface area contributed by atoms with E-state index in [2.05, 4.69) is 10.2 Å². The lowest BCUT2D eigenvalue weighted by Crippen LogP contribution is -2.30. The van der Waals surface area contributed by atoms with Crippen molar-refractivity contribution in [1.29, 1.82) is 0 Å². The maximum atomic E-state index is 10.5. The lowest BCUT2D eigenvalue weighted by molar-refractivity contribution is -0.132. The molecule has 1 aliphatic heterocycles. The van der Waals surface area contributed by atoms with Gasteiger partial charge in [-0.05, 0) is 32.9 Å². The molecule has 4 nitrogen and oxygen atoms in total. The first kappa shape index (κ1) is 12.2. The van der Waals surface area contributed by atoms with E-state index in [1.54, 1.807) is 13.0 Å². The van der Waals surface area contributed by atoms with Crippen LogP contribution in [0.5, 0.6) is 0 Å². The summed E-state index contributed by atoms with van der Waals surface area (Å²) in [6.07, 6.45) is 4.35. The quantitative estimate of drug-likeness (QED) is 0.503. The molecule has 0 spiro atoms. The largest absolute Gasteiger partial charge is 0.478 e. The number of likely N-dealkylation sites (tertiary alicyclic amines) is 1. The Hall–Kier alpha value is -0.870. The summed E-state index contributed by atoms with van der Waals surface area (Å²) in [5.74, 6) is -0.837. The van der Waals surface area contributed by atoms with E-state index in [-0.39, 0.29) is 0 Å². The third-order valence-corrected chi connectivity index (χ3v) is 2.69. The van der Waals surface area contributed by atoms with Crippen LogP contribution < -0.4 is 5.32 Å². The van der Waals surface area contributed by atoms with E-state index in [9.17, 15) is 4.79 Å². The molecule has 0 aliphatic carbocycles. The minimum atomic E-state index is -0.837. The Morgan fingerprint density at radius 1 is 1.47 bits per heavy atom. The molecule has 15 heavy (non-hydrogen) atoms. The van der Waals surface area contributed by atoms with Crippen molar-refractivity contribution in [3.05, 3.63) is 11.6 Å². The Labute approximate surface area is 91.0 Å². The minimum Gasteiger partial charge on any atom is -0.478 e. The van der Waals surface area contributed by atoms with Gasteiger partial charge in [-0.2, -0.15) is 0 Å². The smallest absolute Gasteiger partial charge is 0.330 e. The lowest BCUT2D eigenvalue weighted by Gasteiger charge is -2.13. The van der Waals surface area contributed by atoms with Crippen LogP contribution in [0.4, 0.5) is 0 Å². The van der Waals surface area contributed by atoms with Crippen molar-refractivity contribution in [2.24, 2.45) is 0 Å². The summed E-state index contributed by atoms with van der Waals surface area (Å²) in [6.45, 7) is 6.69. The monoisotopic (exact) mass is 212 g/mol. The van der Waals surface area contributed by atoms with Gasteiger partial charge in [0.25, 0.3) is 0 Å². The predicted octanol–water partition coefficient (Wildman–Crippen LogP) is 0.703. The summed E-state index contributed by atoms with van der Waals surface area (Å²) in [5, 5.41) is 11.8. The summed E-state index contributed by atoms with van der Waals surface area (Å²) < 4.78 is 0. The molecule has 1 aliphatic rings. The van der Waals surface area contributed by atoms with Gasteiger partial charge in [-0.25, -0.2) is 4.79 Å². The molecule has 0 radical (unpaired) electrons. The Bertz CT molecular complexity index is 233. The van der Waals surface area contributed by atoms with E-state index < -0.39 is 5.97 Å². The van der Waals surface area contributed by atoms with Crippen molar-refractivity contribution in [1.82, 2.24) is 10.2 Å². The second kappa shape index (κ2) is 6.58. The van der Waals surface area contributed by atoms with Crippen LogP contribution in [0.1, 0.15) is 19.8 Å². The first-order valence-corrected chi connectivity index (χ1v) is 5.53. The molecule has 0 aromatic carbocycles. The standard InChI is InChI=1S/C11H20N2O2/c1-10(11(14)15)4-5-12-6-9-13-7-2-3-8-13/h4,12H,2-3,5-9H2,1H3,(H,14,15). The van der Waals surface area contributed by atoms with Crippen LogP contribution in [0.3, 0.4) is 0 Å². The Kier molecular flexibility index (Phi) is 5.36. The number of carbonyl (C=O) groups is 1. The Balaban J connectivity index is 2.01. The summed E-state index contributed by atoms with van der Waals surface area (Å²) in [5.41, 5.74) is 0.406. The number of carboxylic acid groups (broad SMARTS) is 1. The molecule has 1 rings (SSSR count). The molecule has 0 unspecified atom stereocenters. The molecule has 0 atom stereocenters. The topological polar surface area (TPSA) is 52.6 Å². The highest BCUT2D eigenvalue weighted by molar-refractivity contribution is 5.85. The third-order valence-electron chi connectivity index (χ3n) is 2.69. The van der Waals surface area contributed by atoms with Crippen LogP contribution in [0.15, 0.2) is 11.6 Å². The predicted molar refractivity (Wildman–Crippen MR) is 59.9 cm³/mol. The summed E-state index contributed by atoms with van der Waals surface area (Å²) in [6, 6.07) is 0. The molecule has 0 aromatic rings. The van der Waals surface area contributed by atoms with E-state index in [0.29, 0.717) is 12.1 Å². The Morgan fingerprint density at radius 2 is 2.13 bits per heavy atom. The zero-order chi connectivity index (χ0) is 11.1. The molecule has 1 saturated heterocycles. The van der Waals surface area contributed by atoms with Gasteiger partial charge in [0, 0.05) is 25.2 Å². The average molecular weight is 212 g/mol. The van der Waals surface area contributed by atoms with Crippen LogP contribution in [0, 0.1) is 0 Å². The summed E-state index contributed by atoms with van der Waals surface area (Å²) >= 11 is 0. The summed E-state index contributed by atoms with van der Waals surface area (Å²) in [4.78, 5) is 12.9. The van der Waals surface area contributed by atoms with Gasteiger partial charge in [-0.15, -0.1) is 0 Å². The fourth-order valence-electron chi connectivity index (χ4n) is 1.66. The van der Waals surface area contributed by atoms with E-state index in [1.807, 2.05) is 0 Å². The first-order chi connectivity index (χ1) is 7.20. The molecule has 0 aromatic heterocycles. The molecular formula is C11H20N2O2. The van der Waals surface area contributed by atoms with Crippen molar-refractivity contribution >= 4 is 5.97 Å². The van der Waals surface area contributed by atoms with Gasteiger partial charge in [0.1, 0.15) is 0 Å². The van der Waals surface area contributed by atoms with Crippen molar-refractivity contribution in [2.45, 2.75) is 19.8 Å². The fourth-order valence-corrected chi connectivity index (χ4v) is 1.66. The number of carboxylic acids is 1. The van der Waals surface area contributed by atoms with Crippen LogP contribution >= 0.6 is 0 Å². The molecule has 86 valence electrons. The van der Waals surface area contributed by atoms with Crippen LogP contribution in [-0.2, 0) is 4.79 Å². The highest BCUT2D eigenvalue weighted by atomic mass is 16.4. The van der Waals surface area contributed by atoms with Crippen LogP contribution in [0.25, 0.3) is 0 Å². The maximum Gasteiger partial charge on any atom is 0.330 e. The maximum absolute atomic E-state index is 10.5. The molecule has 2 N–H and O–H groups in total. The minimum absolute atomic E-state index is 0.406. The second-order valence-electron chi connectivity index (χ2n) is 3.95. The SMILES string of the molecule is CC(=CCNCCN1CCCC1)C(=O)O. The second-order valence-corrected chi connectivity index (χ2v) is 3.95. The fraction of sp³-hybridized carbons (Fsp3) is 0.727. The highest BCUT2D eigenvalue weighted by Gasteiger charge is 2.09. The summed E-state index contributed by atoms with van der Waals surface area (Å²) in [7, 11) is 0. The first-order valence-electron chi connectivity index (χ1n) is 5.53. The molecule has 1 heterocycles. The molecule has 0 bridgehead atoms. The van der Waals surface area contributed by atoms with Gasteiger partial charge in [0.15, 0.2) is 0 Å². The molecule has 4 heteroatoms. The van der Waals surface area contributed by atoms with Crippen molar-refractivity contribution in [3.8, 4) is 0 Å². The number of rotatable bonds is 6. The number of aliphatic carboxylic acids is 1. The molecular weight excluding hydrogens is 192 g/mol. The number of nitrogens with one attached hydrogen (secondary N) is 1. The van der Waals surface area contributed by atoms with E-state index >= 15 is 0 Å². The normalized spacial score (nSPS) is 18.3. The van der Waals surface area contributed by atoms with Gasteiger partial charge < -0.3 is 15.3 Å². The number of hydrogen-bond acceptors (Lipinski definition) is 3. The highest BCUT2D eigenvalue weighted by Crippen LogP contribution is 2.05. The van der Waals surface area contributed by atoms with E-state index in [0.717, 1.165) is 13.1 Å². The van der Waals surface area contributed by atoms with Gasteiger partial charge in [-0.3, -0.25) is 0 Å². The van der Waals surface area contributed by atoms with Gasteiger partial charge in [0.2, 0.25) is 0 Å². The molecule has 1 fully saturated rings. The average Bonchev–Trinajstić information content (AvgIpc) is 2.69. The van der Waals surface area contributed by atoms with Crippen molar-refractivity contribution in [3.63, 3.8) is 0 Å². The van der Waals surface area contributed by atoms with Crippen LogP contribution in [0.2, 0.25) is 0 Å². The lowest BCUT2D eigenvalue weighted by atomic mass is 10.3. The zero-order valence-electron chi connectivity index (χ0n) is 9.33. The molecule has 0 saturated carbocycles. The third kappa shape index (κ3) is 4.95. The number of nitrogens with zero attached hydrogens (tertiary/aromatic N) is 1.